The molecule has 2 heterocycles. The van der Waals surface area contributed by atoms with Gasteiger partial charge in [0.25, 0.3) is 5.91 Å². The minimum absolute atomic E-state index is 0.0869. The number of anilines is 2. The molecule has 0 atom stereocenters. The van der Waals surface area contributed by atoms with E-state index in [0.29, 0.717) is 43.1 Å². The number of carbonyl (C=O) groups is 2. The zero-order valence-electron chi connectivity index (χ0n) is 15.3. The van der Waals surface area contributed by atoms with E-state index < -0.39 is 0 Å². The number of benzene rings is 2. The second-order valence-corrected chi connectivity index (χ2v) is 6.46. The van der Waals surface area contributed by atoms with Gasteiger partial charge in [-0.05, 0) is 30.3 Å². The standard InChI is InChI=1S/C22H20N2O4/c25-21(16-5-2-1-3-6-16)18-15-17(23-22(26)20-7-4-12-28-20)8-9-19(18)24-10-13-27-14-11-24/h1-9,12,15H,10-11,13-14H2,(H,23,26). The van der Waals surface area contributed by atoms with E-state index in [-0.39, 0.29) is 17.5 Å². The van der Waals surface area contributed by atoms with Crippen molar-refractivity contribution in [2.45, 2.75) is 0 Å². The molecule has 1 saturated heterocycles. The molecule has 3 aromatic rings. The molecule has 1 aliphatic heterocycles. The second kappa shape index (κ2) is 8.10. The Morgan fingerprint density at radius 1 is 0.929 bits per heavy atom. The van der Waals surface area contributed by atoms with Gasteiger partial charge in [0, 0.05) is 35.6 Å². The Morgan fingerprint density at radius 3 is 2.43 bits per heavy atom. The van der Waals surface area contributed by atoms with Crippen molar-refractivity contribution in [1.29, 1.82) is 0 Å². The van der Waals surface area contributed by atoms with Crippen molar-refractivity contribution < 1.29 is 18.7 Å². The molecule has 2 aromatic carbocycles. The highest BCUT2D eigenvalue weighted by molar-refractivity contribution is 6.13. The number of morpholine rings is 1. The molecule has 1 fully saturated rings. The van der Waals surface area contributed by atoms with Crippen LogP contribution in [0.3, 0.4) is 0 Å². The topological polar surface area (TPSA) is 71.8 Å². The van der Waals surface area contributed by atoms with Gasteiger partial charge in [0.1, 0.15) is 0 Å². The maximum Gasteiger partial charge on any atom is 0.291 e. The fourth-order valence-corrected chi connectivity index (χ4v) is 3.22. The summed E-state index contributed by atoms with van der Waals surface area (Å²) in [5, 5.41) is 2.79. The van der Waals surface area contributed by atoms with E-state index in [4.69, 9.17) is 9.15 Å². The normalized spacial score (nSPS) is 13.9. The Bertz CT molecular complexity index is 961. The number of amides is 1. The molecule has 1 aliphatic rings. The highest BCUT2D eigenvalue weighted by Crippen LogP contribution is 2.28. The van der Waals surface area contributed by atoms with Crippen molar-refractivity contribution in [3.05, 3.63) is 83.8 Å². The number of nitrogens with zero attached hydrogens (tertiary/aromatic N) is 1. The second-order valence-electron chi connectivity index (χ2n) is 6.46. The van der Waals surface area contributed by atoms with Crippen LogP contribution in [0.5, 0.6) is 0 Å². The molecule has 0 aliphatic carbocycles. The van der Waals surface area contributed by atoms with Crippen LogP contribution >= 0.6 is 0 Å². The number of nitrogens with one attached hydrogen (secondary N) is 1. The van der Waals surface area contributed by atoms with E-state index >= 15 is 0 Å². The molecule has 28 heavy (non-hydrogen) atoms. The number of carbonyl (C=O) groups excluding carboxylic acids is 2. The Hall–Kier alpha value is -3.38. The lowest BCUT2D eigenvalue weighted by molar-refractivity contribution is 0.0994. The summed E-state index contributed by atoms with van der Waals surface area (Å²) >= 11 is 0. The van der Waals surface area contributed by atoms with Gasteiger partial charge in [-0.1, -0.05) is 30.3 Å². The van der Waals surface area contributed by atoms with Gasteiger partial charge in [-0.15, -0.1) is 0 Å². The first kappa shape index (κ1) is 18.0. The summed E-state index contributed by atoms with van der Waals surface area (Å²) in [6, 6.07) is 17.8. The van der Waals surface area contributed by atoms with E-state index in [0.717, 1.165) is 5.69 Å². The third-order valence-corrected chi connectivity index (χ3v) is 4.63. The van der Waals surface area contributed by atoms with Crippen molar-refractivity contribution in [3.8, 4) is 0 Å². The predicted octanol–water partition coefficient (Wildman–Crippen LogP) is 3.60. The molecule has 6 heteroatoms. The van der Waals surface area contributed by atoms with Gasteiger partial charge in [0.05, 0.1) is 19.5 Å². The molecular weight excluding hydrogens is 356 g/mol. The number of furan rings is 1. The lowest BCUT2D eigenvalue weighted by Gasteiger charge is -2.30. The van der Waals surface area contributed by atoms with Crippen LogP contribution in [0, 0.1) is 0 Å². The molecule has 1 amide bonds. The summed E-state index contributed by atoms with van der Waals surface area (Å²) in [4.78, 5) is 27.6. The lowest BCUT2D eigenvalue weighted by atomic mass is 10.00. The molecule has 0 bridgehead atoms. The van der Waals surface area contributed by atoms with Gasteiger partial charge >= 0.3 is 0 Å². The Morgan fingerprint density at radius 2 is 1.71 bits per heavy atom. The first-order valence-corrected chi connectivity index (χ1v) is 9.14. The molecule has 0 saturated carbocycles. The summed E-state index contributed by atoms with van der Waals surface area (Å²) in [6.07, 6.45) is 1.45. The molecular formula is C22H20N2O4. The highest BCUT2D eigenvalue weighted by atomic mass is 16.5. The van der Waals surface area contributed by atoms with Crippen LogP contribution in [-0.2, 0) is 4.74 Å². The van der Waals surface area contributed by atoms with Crippen LogP contribution in [0.15, 0.2) is 71.3 Å². The minimum Gasteiger partial charge on any atom is -0.459 e. The minimum atomic E-state index is -0.359. The summed E-state index contributed by atoms with van der Waals surface area (Å²) in [5.41, 5.74) is 2.53. The van der Waals surface area contributed by atoms with Gasteiger partial charge in [-0.3, -0.25) is 9.59 Å². The zero-order chi connectivity index (χ0) is 19.3. The molecule has 6 nitrogen and oxygen atoms in total. The summed E-state index contributed by atoms with van der Waals surface area (Å²) < 4.78 is 10.6. The Labute approximate surface area is 162 Å². The van der Waals surface area contributed by atoms with E-state index in [9.17, 15) is 9.59 Å². The molecule has 142 valence electrons. The third-order valence-electron chi connectivity index (χ3n) is 4.63. The fraction of sp³-hybridized carbons (Fsp3) is 0.182. The largest absolute Gasteiger partial charge is 0.459 e. The van der Waals surface area contributed by atoms with Crippen molar-refractivity contribution >= 4 is 23.1 Å². The fourth-order valence-electron chi connectivity index (χ4n) is 3.22. The van der Waals surface area contributed by atoms with E-state index in [1.54, 1.807) is 36.4 Å². The van der Waals surface area contributed by atoms with E-state index in [1.165, 1.54) is 6.26 Å². The highest BCUT2D eigenvalue weighted by Gasteiger charge is 2.21. The maximum absolute atomic E-state index is 13.2. The van der Waals surface area contributed by atoms with Crippen LogP contribution < -0.4 is 10.2 Å². The Balaban J connectivity index is 1.68. The summed E-state index contributed by atoms with van der Waals surface area (Å²) in [6.45, 7) is 2.67. The molecule has 1 aromatic heterocycles. The number of hydrogen-bond donors (Lipinski definition) is 1. The van der Waals surface area contributed by atoms with Crippen molar-refractivity contribution in [2.75, 3.05) is 36.5 Å². The third kappa shape index (κ3) is 3.82. The number of ketones is 1. The van der Waals surface area contributed by atoms with Gasteiger partial charge in [0.15, 0.2) is 11.5 Å². The predicted molar refractivity (Wildman–Crippen MR) is 106 cm³/mol. The first-order chi connectivity index (χ1) is 13.7. The molecule has 0 radical (unpaired) electrons. The van der Waals surface area contributed by atoms with Gasteiger partial charge < -0.3 is 19.4 Å². The van der Waals surface area contributed by atoms with Gasteiger partial charge in [0.2, 0.25) is 0 Å². The number of rotatable bonds is 5. The van der Waals surface area contributed by atoms with Gasteiger partial charge in [-0.2, -0.15) is 0 Å². The smallest absolute Gasteiger partial charge is 0.291 e. The first-order valence-electron chi connectivity index (χ1n) is 9.14. The van der Waals surface area contributed by atoms with Crippen molar-refractivity contribution in [1.82, 2.24) is 0 Å². The van der Waals surface area contributed by atoms with Crippen LogP contribution in [0.4, 0.5) is 11.4 Å². The SMILES string of the molecule is O=C(Nc1ccc(N2CCOCC2)c(C(=O)c2ccccc2)c1)c1ccco1. The average Bonchev–Trinajstić information content (AvgIpc) is 3.30. The molecule has 0 unspecified atom stereocenters. The average molecular weight is 376 g/mol. The summed E-state index contributed by atoms with van der Waals surface area (Å²) in [5.74, 6) is -0.230. The van der Waals surface area contributed by atoms with Crippen LogP contribution in [-0.4, -0.2) is 38.0 Å². The zero-order valence-corrected chi connectivity index (χ0v) is 15.3. The maximum atomic E-state index is 13.2. The lowest BCUT2D eigenvalue weighted by Crippen LogP contribution is -2.37. The van der Waals surface area contributed by atoms with Crippen molar-refractivity contribution in [3.63, 3.8) is 0 Å². The molecule has 4 rings (SSSR count). The number of hydrogen-bond acceptors (Lipinski definition) is 5. The molecule has 0 spiro atoms. The van der Waals surface area contributed by atoms with E-state index in [1.807, 2.05) is 24.3 Å². The molecule has 1 N–H and O–H groups in total. The van der Waals surface area contributed by atoms with Crippen LogP contribution in [0.2, 0.25) is 0 Å². The van der Waals surface area contributed by atoms with Crippen LogP contribution in [0.1, 0.15) is 26.5 Å². The van der Waals surface area contributed by atoms with E-state index in [2.05, 4.69) is 10.2 Å². The monoisotopic (exact) mass is 376 g/mol. The summed E-state index contributed by atoms with van der Waals surface area (Å²) in [7, 11) is 0. The van der Waals surface area contributed by atoms with Crippen LogP contribution in [0.25, 0.3) is 0 Å². The quantitative estimate of drug-likeness (QED) is 0.689. The Kier molecular flexibility index (Phi) is 5.21. The van der Waals surface area contributed by atoms with Crippen molar-refractivity contribution in [2.24, 2.45) is 0 Å². The van der Waals surface area contributed by atoms with Gasteiger partial charge in [-0.25, -0.2) is 0 Å². The number of ether oxygens (including phenoxy) is 1.